The fourth-order valence-electron chi connectivity index (χ4n) is 4.63. The molecule has 4 unspecified atom stereocenters. The topological polar surface area (TPSA) is 12.5 Å². The van der Waals surface area contributed by atoms with E-state index in [0.29, 0.717) is 6.04 Å². The summed E-state index contributed by atoms with van der Waals surface area (Å²) in [5.74, 6) is 3.48. The normalized spacial score (nSPS) is 28.7. The number of rotatable bonds is 4. The van der Waals surface area contributed by atoms with Crippen molar-refractivity contribution < 1.29 is 4.74 Å². The van der Waals surface area contributed by atoms with E-state index in [-0.39, 0.29) is 0 Å². The Morgan fingerprint density at radius 2 is 1.88 bits per heavy atom. The number of anilines is 1. The third-order valence-electron chi connectivity index (χ3n) is 6.06. The lowest BCUT2D eigenvalue weighted by atomic mass is 9.86. The number of piperidine rings is 1. The highest BCUT2D eigenvalue weighted by Crippen LogP contribution is 2.55. The van der Waals surface area contributed by atoms with Gasteiger partial charge in [-0.1, -0.05) is 30.3 Å². The molecular formula is C22H26BrNO. The highest BCUT2D eigenvalue weighted by Gasteiger charge is 2.45. The number of benzene rings is 2. The molecule has 1 saturated heterocycles. The summed E-state index contributed by atoms with van der Waals surface area (Å²) in [5.41, 5.74) is 2.82. The van der Waals surface area contributed by atoms with Crippen molar-refractivity contribution in [2.45, 2.75) is 38.1 Å². The van der Waals surface area contributed by atoms with Gasteiger partial charge in [-0.2, -0.15) is 0 Å². The molecule has 0 spiro atoms. The Kier molecular flexibility index (Phi) is 4.77. The smallest absolute Gasteiger partial charge is 0.135 e. The van der Waals surface area contributed by atoms with E-state index < -0.39 is 0 Å². The Morgan fingerprint density at radius 3 is 2.60 bits per heavy atom. The van der Waals surface area contributed by atoms with Crippen LogP contribution in [-0.2, 0) is 0 Å². The zero-order valence-corrected chi connectivity index (χ0v) is 16.6. The zero-order chi connectivity index (χ0) is 17.4. The molecule has 1 heterocycles. The van der Waals surface area contributed by atoms with Gasteiger partial charge < -0.3 is 9.64 Å². The standard InChI is InChI=1S/C22H26BrNO/c1-15-12-17(20-14-19(20)16-6-4-3-5-7-16)10-11-24(15)18-8-9-21(23)22(13-18)25-2/h3-9,13,15,17,19-20H,10-12,14H2,1-2H3. The van der Waals surface area contributed by atoms with E-state index in [0.717, 1.165) is 34.5 Å². The summed E-state index contributed by atoms with van der Waals surface area (Å²) in [6, 6.07) is 18.1. The molecule has 1 saturated carbocycles. The molecule has 2 nitrogen and oxygen atoms in total. The minimum absolute atomic E-state index is 0.585. The molecule has 0 bridgehead atoms. The highest BCUT2D eigenvalue weighted by atomic mass is 79.9. The molecule has 4 atom stereocenters. The van der Waals surface area contributed by atoms with Crippen molar-refractivity contribution in [3.63, 3.8) is 0 Å². The van der Waals surface area contributed by atoms with E-state index in [1.54, 1.807) is 12.7 Å². The Balaban J connectivity index is 1.41. The van der Waals surface area contributed by atoms with Gasteiger partial charge in [0.2, 0.25) is 0 Å². The second-order valence-electron chi connectivity index (χ2n) is 7.56. The molecule has 0 aromatic heterocycles. The molecule has 2 aliphatic rings. The van der Waals surface area contributed by atoms with Crippen molar-refractivity contribution in [3.05, 3.63) is 58.6 Å². The molecule has 2 aromatic carbocycles. The Bertz CT molecular complexity index is 732. The summed E-state index contributed by atoms with van der Waals surface area (Å²) >= 11 is 3.55. The van der Waals surface area contributed by atoms with Crippen LogP contribution in [0, 0.1) is 11.8 Å². The lowest BCUT2D eigenvalue weighted by molar-refractivity contribution is 0.314. The maximum Gasteiger partial charge on any atom is 0.135 e. The molecule has 3 heteroatoms. The van der Waals surface area contributed by atoms with Gasteiger partial charge in [-0.05, 0) is 77.6 Å². The Labute approximate surface area is 159 Å². The third-order valence-corrected chi connectivity index (χ3v) is 6.71. The number of methoxy groups -OCH3 is 1. The van der Waals surface area contributed by atoms with Crippen LogP contribution in [0.3, 0.4) is 0 Å². The van der Waals surface area contributed by atoms with Crippen LogP contribution in [0.15, 0.2) is 53.0 Å². The number of nitrogens with zero attached hydrogens (tertiary/aromatic N) is 1. The van der Waals surface area contributed by atoms with Crippen molar-refractivity contribution in [2.75, 3.05) is 18.6 Å². The summed E-state index contributed by atoms with van der Waals surface area (Å²) in [6.07, 6.45) is 3.98. The van der Waals surface area contributed by atoms with Crippen molar-refractivity contribution in [3.8, 4) is 5.75 Å². The van der Waals surface area contributed by atoms with Crippen LogP contribution in [0.5, 0.6) is 5.75 Å². The van der Waals surface area contributed by atoms with Crippen molar-refractivity contribution in [2.24, 2.45) is 11.8 Å². The van der Waals surface area contributed by atoms with Crippen LogP contribution in [0.2, 0.25) is 0 Å². The quantitative estimate of drug-likeness (QED) is 0.637. The Hall–Kier alpha value is -1.48. The number of hydrogen-bond acceptors (Lipinski definition) is 2. The van der Waals surface area contributed by atoms with E-state index in [4.69, 9.17) is 4.74 Å². The summed E-state index contributed by atoms with van der Waals surface area (Å²) in [5, 5.41) is 0. The van der Waals surface area contributed by atoms with Gasteiger partial charge in [-0.15, -0.1) is 0 Å². The van der Waals surface area contributed by atoms with Crippen molar-refractivity contribution in [1.29, 1.82) is 0 Å². The fraction of sp³-hybridized carbons (Fsp3) is 0.455. The van der Waals surface area contributed by atoms with Gasteiger partial charge in [0, 0.05) is 24.3 Å². The van der Waals surface area contributed by atoms with Gasteiger partial charge in [0.1, 0.15) is 5.75 Å². The minimum Gasteiger partial charge on any atom is -0.495 e. The van der Waals surface area contributed by atoms with Gasteiger partial charge in [-0.25, -0.2) is 0 Å². The molecule has 1 aliphatic carbocycles. The lowest BCUT2D eigenvalue weighted by Crippen LogP contribution is -2.41. The third kappa shape index (κ3) is 3.44. The maximum atomic E-state index is 5.47. The van der Waals surface area contributed by atoms with Crippen LogP contribution in [0.4, 0.5) is 5.69 Å². The van der Waals surface area contributed by atoms with E-state index in [2.05, 4.69) is 76.3 Å². The molecular weight excluding hydrogens is 374 g/mol. The summed E-state index contributed by atoms with van der Waals surface area (Å²) in [7, 11) is 1.73. The fourth-order valence-corrected chi connectivity index (χ4v) is 5.04. The minimum atomic E-state index is 0.585. The SMILES string of the molecule is COc1cc(N2CCC(C3CC3c3ccccc3)CC2C)ccc1Br. The molecule has 0 amide bonds. The van der Waals surface area contributed by atoms with Gasteiger partial charge in [0.05, 0.1) is 11.6 Å². The van der Waals surface area contributed by atoms with Crippen LogP contribution in [-0.4, -0.2) is 19.7 Å². The van der Waals surface area contributed by atoms with Crippen LogP contribution in [0.1, 0.15) is 37.7 Å². The van der Waals surface area contributed by atoms with Crippen LogP contribution in [0.25, 0.3) is 0 Å². The van der Waals surface area contributed by atoms with E-state index in [9.17, 15) is 0 Å². The molecule has 0 N–H and O–H groups in total. The largest absolute Gasteiger partial charge is 0.495 e. The van der Waals surface area contributed by atoms with Gasteiger partial charge in [0.15, 0.2) is 0 Å². The lowest BCUT2D eigenvalue weighted by Gasteiger charge is -2.40. The predicted molar refractivity (Wildman–Crippen MR) is 108 cm³/mol. The number of ether oxygens (including phenoxy) is 1. The average molecular weight is 400 g/mol. The first kappa shape index (κ1) is 17.0. The zero-order valence-electron chi connectivity index (χ0n) is 15.0. The monoisotopic (exact) mass is 399 g/mol. The van der Waals surface area contributed by atoms with Gasteiger partial charge in [-0.3, -0.25) is 0 Å². The second kappa shape index (κ2) is 7.03. The van der Waals surface area contributed by atoms with E-state index in [1.807, 2.05) is 0 Å². The van der Waals surface area contributed by atoms with Crippen molar-refractivity contribution in [1.82, 2.24) is 0 Å². The van der Waals surface area contributed by atoms with Gasteiger partial charge in [0.25, 0.3) is 0 Å². The van der Waals surface area contributed by atoms with Crippen LogP contribution < -0.4 is 9.64 Å². The second-order valence-corrected chi connectivity index (χ2v) is 8.42. The first-order valence-corrected chi connectivity index (χ1v) is 10.1. The molecule has 132 valence electrons. The van der Waals surface area contributed by atoms with Gasteiger partial charge >= 0.3 is 0 Å². The first-order valence-electron chi connectivity index (χ1n) is 9.32. The molecule has 2 fully saturated rings. The molecule has 2 aromatic rings. The molecule has 25 heavy (non-hydrogen) atoms. The van der Waals surface area contributed by atoms with E-state index >= 15 is 0 Å². The summed E-state index contributed by atoms with van der Waals surface area (Å²) < 4.78 is 6.49. The maximum absolute atomic E-state index is 5.47. The molecule has 1 aliphatic heterocycles. The number of halogens is 1. The van der Waals surface area contributed by atoms with Crippen LogP contribution >= 0.6 is 15.9 Å². The summed E-state index contributed by atoms with van der Waals surface area (Å²) in [4.78, 5) is 2.55. The average Bonchev–Trinajstić information content (AvgIpc) is 3.44. The molecule has 0 radical (unpaired) electrons. The summed E-state index contributed by atoms with van der Waals surface area (Å²) in [6.45, 7) is 3.52. The number of hydrogen-bond donors (Lipinski definition) is 0. The molecule has 4 rings (SSSR count). The predicted octanol–water partition coefficient (Wildman–Crippen LogP) is 5.87. The highest BCUT2D eigenvalue weighted by molar-refractivity contribution is 9.10. The van der Waals surface area contributed by atoms with Crippen molar-refractivity contribution >= 4 is 21.6 Å². The Morgan fingerprint density at radius 1 is 1.08 bits per heavy atom. The first-order chi connectivity index (χ1) is 12.2. The van der Waals surface area contributed by atoms with E-state index in [1.165, 1.54) is 24.9 Å².